The van der Waals surface area contributed by atoms with Gasteiger partial charge in [-0.25, -0.2) is 0 Å². The van der Waals surface area contributed by atoms with Gasteiger partial charge >= 0.3 is 5.97 Å². The van der Waals surface area contributed by atoms with Crippen molar-refractivity contribution in [3.63, 3.8) is 0 Å². The highest BCUT2D eigenvalue weighted by Crippen LogP contribution is 2.76. The molecule has 0 spiro atoms. The SMILES string of the molecule is C[C@@H]1O[C@@H](OC(=O)[C@]23CCC(C)(C)C[C@H]2C2=CC[C@@H]4[C@@]5(C)C[C@@H](O)[C@H](O[C@@H]6OC[C@@H](O[C@@H]7O[C@H](CO)[C@@H](O)[C@H](O)[C@H]7O)[C@H](O)[C@H]6O[C@@H]6OC[C@@H](O)[C@H](O)[C@H]6O)C(C)(C)[C@@H]5CC[C@@]4(C)[C@]2(C)CC3)[C@H](O[C@@H]2O[C@H](CO[C@@H]3O[C@H](CO)[C@@H](O)[C@H](O)[C@H]3O)[C@@H](O)[C@H](O)[C@H]2O)[C@H](O)[C@H]1O. The van der Waals surface area contributed by atoms with E-state index in [1.165, 1.54) is 6.92 Å². The summed E-state index contributed by atoms with van der Waals surface area (Å²) in [7, 11) is 0. The highest BCUT2D eigenvalue weighted by atomic mass is 16.8. The Kier molecular flexibility index (Phi) is 21.6. The summed E-state index contributed by atoms with van der Waals surface area (Å²) in [4.78, 5) is 15.6. The Morgan fingerprint density at radius 2 is 1.05 bits per heavy atom. The van der Waals surface area contributed by atoms with Gasteiger partial charge in [-0.15, -0.1) is 0 Å². The lowest BCUT2D eigenvalue weighted by Crippen LogP contribution is -2.68. The van der Waals surface area contributed by atoms with Gasteiger partial charge in [0.25, 0.3) is 0 Å². The van der Waals surface area contributed by atoms with Gasteiger partial charge in [-0.3, -0.25) is 4.79 Å². The molecule has 546 valence electrons. The molecule has 6 heterocycles. The second-order valence-electron chi connectivity index (χ2n) is 31.2. The van der Waals surface area contributed by atoms with Crippen molar-refractivity contribution < 1.29 is 154 Å². The fourth-order valence-corrected chi connectivity index (χ4v) is 18.9. The quantitative estimate of drug-likeness (QED) is 0.0414. The Hall–Kier alpha value is -1.95. The van der Waals surface area contributed by atoms with E-state index in [0.717, 1.165) is 12.0 Å². The van der Waals surface area contributed by atoms with Gasteiger partial charge in [-0.2, -0.15) is 0 Å². The number of rotatable bonds is 15. The van der Waals surface area contributed by atoms with Crippen LogP contribution in [0.2, 0.25) is 0 Å². The Morgan fingerprint density at radius 3 is 1.69 bits per heavy atom. The van der Waals surface area contributed by atoms with Crippen LogP contribution in [0.3, 0.4) is 0 Å². The zero-order chi connectivity index (χ0) is 69.3. The fraction of sp³-hybridized carbons (Fsp3) is 0.953. The maximum atomic E-state index is 15.6. The van der Waals surface area contributed by atoms with E-state index >= 15 is 4.79 Å². The second-order valence-corrected chi connectivity index (χ2v) is 31.2. The summed E-state index contributed by atoms with van der Waals surface area (Å²) in [6.07, 6.45) is -42.0. The third kappa shape index (κ3) is 12.8. The van der Waals surface area contributed by atoms with E-state index in [-0.39, 0.29) is 29.6 Å². The van der Waals surface area contributed by atoms with E-state index in [0.29, 0.717) is 44.9 Å². The number of fused-ring (bicyclic) bond motifs is 7. The lowest BCUT2D eigenvalue weighted by Gasteiger charge is -2.71. The van der Waals surface area contributed by atoms with Gasteiger partial charge in [0.1, 0.15) is 122 Å². The lowest BCUT2D eigenvalue weighted by atomic mass is 9.33. The molecule has 6 saturated heterocycles. The van der Waals surface area contributed by atoms with Crippen LogP contribution in [0.15, 0.2) is 11.6 Å². The van der Waals surface area contributed by atoms with Crippen LogP contribution >= 0.6 is 0 Å². The van der Waals surface area contributed by atoms with Crippen molar-refractivity contribution in [2.75, 3.05) is 33.0 Å². The zero-order valence-electron chi connectivity index (χ0n) is 54.9. The van der Waals surface area contributed by atoms with Gasteiger partial charge in [0.15, 0.2) is 37.6 Å². The van der Waals surface area contributed by atoms with Crippen molar-refractivity contribution in [1.82, 2.24) is 0 Å². The van der Waals surface area contributed by atoms with Crippen LogP contribution < -0.4 is 0 Å². The first-order valence-electron chi connectivity index (χ1n) is 33.6. The number of carbonyl (C=O) groups is 1. The minimum absolute atomic E-state index is 0.0249. The Morgan fingerprint density at radius 1 is 0.505 bits per heavy atom. The average Bonchev–Trinajstić information content (AvgIpc) is 0.674. The van der Waals surface area contributed by atoms with Gasteiger partial charge in [0, 0.05) is 0 Å². The van der Waals surface area contributed by atoms with Crippen LogP contribution in [0, 0.1) is 50.2 Å². The van der Waals surface area contributed by atoms with Crippen LogP contribution in [0.4, 0.5) is 0 Å². The van der Waals surface area contributed by atoms with E-state index < -0.39 is 250 Å². The molecular weight excluding hydrogens is 1260 g/mol. The minimum Gasteiger partial charge on any atom is -0.432 e. The number of esters is 1. The molecule has 11 rings (SSSR count). The van der Waals surface area contributed by atoms with Crippen LogP contribution in [0.5, 0.6) is 0 Å². The van der Waals surface area contributed by atoms with Crippen LogP contribution in [-0.4, -0.2) is 315 Å². The molecule has 10 fully saturated rings. The van der Waals surface area contributed by atoms with Gasteiger partial charge in [-0.05, 0) is 110 Å². The molecule has 4 saturated carbocycles. The molecule has 0 aromatic rings. The van der Waals surface area contributed by atoms with Crippen molar-refractivity contribution in [2.45, 2.75) is 297 Å². The summed E-state index contributed by atoms with van der Waals surface area (Å²) < 4.78 is 71.9. The maximum Gasteiger partial charge on any atom is 0.315 e. The first-order chi connectivity index (χ1) is 44.5. The number of carbonyl (C=O) groups excluding carboxylic acids is 1. The predicted molar refractivity (Wildman–Crippen MR) is 316 cm³/mol. The number of hydrogen-bond donors (Lipinski definition) is 18. The maximum absolute atomic E-state index is 15.6. The third-order valence-electron chi connectivity index (χ3n) is 24.8. The summed E-state index contributed by atoms with van der Waals surface area (Å²) in [6, 6.07) is 0. The molecular formula is C64H104O31. The van der Waals surface area contributed by atoms with Gasteiger partial charge in [0.05, 0.1) is 56.8 Å². The molecule has 31 heteroatoms. The number of ether oxygens (including phenoxy) is 12. The fourth-order valence-electron chi connectivity index (χ4n) is 18.9. The molecule has 18 N–H and O–H groups in total. The summed E-state index contributed by atoms with van der Waals surface area (Å²) >= 11 is 0. The summed E-state index contributed by atoms with van der Waals surface area (Å²) in [6.45, 7) is 13.6. The molecule has 0 aromatic carbocycles. The van der Waals surface area contributed by atoms with Gasteiger partial charge < -0.3 is 149 Å². The number of aliphatic hydroxyl groups excluding tert-OH is 18. The van der Waals surface area contributed by atoms with Crippen molar-refractivity contribution in [3.05, 3.63) is 11.6 Å². The Balaban J connectivity index is 0.815. The van der Waals surface area contributed by atoms with Crippen molar-refractivity contribution in [1.29, 1.82) is 0 Å². The number of aliphatic hydroxyl groups is 18. The van der Waals surface area contributed by atoms with Crippen LogP contribution in [0.1, 0.15) is 113 Å². The molecule has 0 aromatic heterocycles. The monoisotopic (exact) mass is 1370 g/mol. The molecule has 31 nitrogen and oxygen atoms in total. The first kappa shape index (κ1) is 74.2. The molecule has 0 radical (unpaired) electrons. The summed E-state index contributed by atoms with van der Waals surface area (Å²) in [5, 5.41) is 195. The van der Waals surface area contributed by atoms with Crippen LogP contribution in [-0.2, 0) is 61.6 Å². The van der Waals surface area contributed by atoms with Crippen molar-refractivity contribution in [2.24, 2.45) is 50.2 Å². The minimum atomic E-state index is -2.01. The standard InChI is InChI=1S/C64H104O31/c1-24-35(69)44(78)50(93-55-48(82)43(77)39(73)31(90-55)22-85-52-46(80)41(75)37(71)29(19-65)88-52)57(87-24)95-58(83)64-15-13-59(2,3)17-26(64)25-9-10-34-61(6)18-27(67)51(60(4,5)33(61)11-12-63(34,8)62(25,7)14-16-64)94-56-49(92-53-45(79)36(70)28(68)21-84-53)40(74)32(23-86-56)91-54-47(81)42(76)38(72)30(20-66)89-54/h9,24,26-57,65-82H,10-23H2,1-8H3/t24-,26-,27+,28+,29+,30+,31+,32+,33-,34+,35-,36-,37+,38+,39+,40-,41-,42-,43-,44+,45+,46+,47+,48+,49+,50+,51-,52+,53-,54-,55-,56-,57-,61-,62+,63+,64-/m0/s1. The van der Waals surface area contributed by atoms with E-state index in [4.69, 9.17) is 56.8 Å². The average molecular weight is 1370 g/mol. The summed E-state index contributed by atoms with van der Waals surface area (Å²) in [5.41, 5.74) is -2.53. The molecule has 0 unspecified atom stereocenters. The van der Waals surface area contributed by atoms with Gasteiger partial charge in [0.2, 0.25) is 6.29 Å². The van der Waals surface area contributed by atoms with E-state index in [1.54, 1.807) is 0 Å². The topological polar surface area (TPSA) is 492 Å². The first-order valence-corrected chi connectivity index (χ1v) is 33.6. The van der Waals surface area contributed by atoms with E-state index in [1.807, 2.05) is 13.8 Å². The highest BCUT2D eigenvalue weighted by Gasteiger charge is 2.71. The van der Waals surface area contributed by atoms with Crippen molar-refractivity contribution >= 4 is 5.97 Å². The second kappa shape index (κ2) is 27.7. The third-order valence-corrected chi connectivity index (χ3v) is 24.8. The van der Waals surface area contributed by atoms with Gasteiger partial charge in [-0.1, -0.05) is 60.1 Å². The normalized spacial score (nSPS) is 54.6. The predicted octanol–water partition coefficient (Wildman–Crippen LogP) is -5.11. The Bertz CT molecular complexity index is 2670. The molecule has 0 bridgehead atoms. The lowest BCUT2D eigenvalue weighted by molar-refractivity contribution is -0.380. The Labute approximate surface area is 550 Å². The molecule has 5 aliphatic carbocycles. The van der Waals surface area contributed by atoms with Crippen LogP contribution in [0.25, 0.3) is 0 Å². The van der Waals surface area contributed by atoms with E-state index in [9.17, 15) is 91.9 Å². The highest BCUT2D eigenvalue weighted by molar-refractivity contribution is 5.79. The molecule has 6 aliphatic heterocycles. The molecule has 11 aliphatic rings. The number of hydrogen-bond acceptors (Lipinski definition) is 31. The zero-order valence-corrected chi connectivity index (χ0v) is 54.9. The van der Waals surface area contributed by atoms with E-state index in [2.05, 4.69) is 40.7 Å². The summed E-state index contributed by atoms with van der Waals surface area (Å²) in [5.74, 6) is -1.12. The largest absolute Gasteiger partial charge is 0.432 e. The van der Waals surface area contributed by atoms with Crippen molar-refractivity contribution in [3.8, 4) is 0 Å². The number of allylic oxidation sites excluding steroid dienone is 2. The smallest absolute Gasteiger partial charge is 0.315 e. The molecule has 0 amide bonds. The molecule has 37 atom stereocenters. The molecule has 95 heavy (non-hydrogen) atoms.